The molecule has 1 amide bonds. The Morgan fingerprint density at radius 2 is 2.11 bits per heavy atom. The van der Waals surface area contributed by atoms with E-state index in [4.69, 9.17) is 4.74 Å². The van der Waals surface area contributed by atoms with Crippen molar-refractivity contribution in [1.82, 2.24) is 10.2 Å². The summed E-state index contributed by atoms with van der Waals surface area (Å²) in [6, 6.07) is 0.229. The zero-order valence-electron chi connectivity index (χ0n) is 12.9. The van der Waals surface area contributed by atoms with E-state index in [0.717, 1.165) is 26.1 Å². The van der Waals surface area contributed by atoms with Gasteiger partial charge in [-0.1, -0.05) is 0 Å². The van der Waals surface area contributed by atoms with Crippen LogP contribution in [0.5, 0.6) is 0 Å². The van der Waals surface area contributed by atoms with Crippen LogP contribution < -0.4 is 5.32 Å². The lowest BCUT2D eigenvalue weighted by Crippen LogP contribution is -2.44. The summed E-state index contributed by atoms with van der Waals surface area (Å²) in [5.41, 5.74) is 0. The average molecular weight is 270 g/mol. The zero-order valence-corrected chi connectivity index (χ0v) is 12.9. The maximum atomic E-state index is 11.8. The van der Waals surface area contributed by atoms with Gasteiger partial charge in [-0.2, -0.15) is 0 Å². The first-order valence-electron chi connectivity index (χ1n) is 7.60. The van der Waals surface area contributed by atoms with Gasteiger partial charge in [0.05, 0.1) is 12.6 Å². The summed E-state index contributed by atoms with van der Waals surface area (Å²) < 4.78 is 5.62. The fourth-order valence-corrected chi connectivity index (χ4v) is 2.57. The number of rotatable bonds is 7. The lowest BCUT2D eigenvalue weighted by molar-refractivity contribution is -0.123. The van der Waals surface area contributed by atoms with E-state index in [9.17, 15) is 4.79 Å². The number of nitrogens with one attached hydrogen (secondary N) is 1. The second-order valence-electron chi connectivity index (χ2n) is 6.17. The van der Waals surface area contributed by atoms with Gasteiger partial charge in [-0.05, 0) is 59.4 Å². The second kappa shape index (κ2) is 8.54. The van der Waals surface area contributed by atoms with Crippen LogP contribution in [-0.4, -0.2) is 49.2 Å². The second-order valence-corrected chi connectivity index (χ2v) is 6.17. The molecule has 1 fully saturated rings. The van der Waals surface area contributed by atoms with Gasteiger partial charge in [0.25, 0.3) is 0 Å². The summed E-state index contributed by atoms with van der Waals surface area (Å²) in [5.74, 6) is 0.827. The largest absolute Gasteiger partial charge is 0.379 e. The summed E-state index contributed by atoms with van der Waals surface area (Å²) in [6.07, 6.45) is 3.89. The van der Waals surface area contributed by atoms with Crippen molar-refractivity contribution in [2.24, 2.45) is 5.92 Å². The molecule has 1 atom stereocenters. The summed E-state index contributed by atoms with van der Waals surface area (Å²) in [7, 11) is 0. The van der Waals surface area contributed by atoms with Gasteiger partial charge in [-0.25, -0.2) is 0 Å². The Kier molecular flexibility index (Phi) is 7.39. The van der Waals surface area contributed by atoms with Crippen LogP contribution in [0.4, 0.5) is 0 Å². The Balaban J connectivity index is 2.23. The molecule has 1 saturated heterocycles. The molecule has 4 heteroatoms. The zero-order chi connectivity index (χ0) is 14.3. The van der Waals surface area contributed by atoms with Crippen LogP contribution in [0.2, 0.25) is 0 Å². The third kappa shape index (κ3) is 7.53. The van der Waals surface area contributed by atoms with Crippen molar-refractivity contribution < 1.29 is 9.53 Å². The molecule has 0 unspecified atom stereocenters. The van der Waals surface area contributed by atoms with Gasteiger partial charge in [0.2, 0.25) is 5.91 Å². The molecule has 4 nitrogen and oxygen atoms in total. The van der Waals surface area contributed by atoms with Gasteiger partial charge in [0, 0.05) is 19.2 Å². The Hall–Kier alpha value is -0.610. The molecule has 0 spiro atoms. The first-order valence-corrected chi connectivity index (χ1v) is 7.60. The number of carbonyl (C=O) groups excluding carboxylic acids is 1. The van der Waals surface area contributed by atoms with Crippen LogP contribution in [0.15, 0.2) is 0 Å². The van der Waals surface area contributed by atoms with E-state index in [2.05, 4.69) is 24.1 Å². The monoisotopic (exact) mass is 270 g/mol. The normalized spacial score (nSPS) is 21.1. The van der Waals surface area contributed by atoms with Gasteiger partial charge in [-0.3, -0.25) is 9.69 Å². The van der Waals surface area contributed by atoms with E-state index >= 15 is 0 Å². The molecule has 0 saturated carbocycles. The molecule has 0 aromatic carbocycles. The van der Waals surface area contributed by atoms with Crippen molar-refractivity contribution in [1.29, 1.82) is 0 Å². The highest BCUT2D eigenvalue weighted by atomic mass is 16.5. The van der Waals surface area contributed by atoms with E-state index in [1.54, 1.807) is 0 Å². The number of piperidine rings is 1. The van der Waals surface area contributed by atoms with E-state index in [1.807, 2.05) is 13.8 Å². The first kappa shape index (κ1) is 16.4. The fourth-order valence-electron chi connectivity index (χ4n) is 2.57. The van der Waals surface area contributed by atoms with Crippen molar-refractivity contribution in [2.45, 2.75) is 59.1 Å². The maximum absolute atomic E-state index is 11.8. The molecular formula is C15H30N2O2. The highest BCUT2D eigenvalue weighted by Gasteiger charge is 2.21. The lowest BCUT2D eigenvalue weighted by atomic mass is 9.95. The predicted octanol–water partition coefficient (Wildman–Crippen LogP) is 2.04. The molecule has 0 aromatic rings. The molecular weight excluding hydrogens is 240 g/mol. The van der Waals surface area contributed by atoms with Crippen molar-refractivity contribution >= 4 is 5.91 Å². The summed E-state index contributed by atoms with van der Waals surface area (Å²) in [4.78, 5) is 14.0. The van der Waals surface area contributed by atoms with Crippen LogP contribution in [0, 0.1) is 5.92 Å². The number of hydrogen-bond donors (Lipinski definition) is 1. The minimum Gasteiger partial charge on any atom is -0.379 e. The van der Waals surface area contributed by atoms with Gasteiger partial charge in [0.15, 0.2) is 0 Å². The minimum absolute atomic E-state index is 0.147. The van der Waals surface area contributed by atoms with Gasteiger partial charge >= 0.3 is 0 Å². The topological polar surface area (TPSA) is 41.6 Å². The standard InChI is InChI=1S/C15H30N2O2/c1-12(2)16-15(18)11-17-8-5-6-14(10-17)7-9-19-13(3)4/h12-14H,5-11H2,1-4H3,(H,16,18)/t14-/m0/s1. The molecule has 0 aromatic heterocycles. The van der Waals surface area contributed by atoms with Crippen LogP contribution >= 0.6 is 0 Å². The number of hydrogen-bond acceptors (Lipinski definition) is 3. The van der Waals surface area contributed by atoms with Crippen molar-refractivity contribution in [3.63, 3.8) is 0 Å². The fraction of sp³-hybridized carbons (Fsp3) is 0.933. The quantitative estimate of drug-likeness (QED) is 0.770. The Labute approximate surface area is 117 Å². The molecule has 1 heterocycles. The molecule has 0 bridgehead atoms. The van der Waals surface area contributed by atoms with Crippen LogP contribution in [-0.2, 0) is 9.53 Å². The summed E-state index contributed by atoms with van der Waals surface area (Å²) in [5, 5.41) is 2.96. The number of ether oxygens (including phenoxy) is 1. The average Bonchev–Trinajstić information content (AvgIpc) is 2.27. The SMILES string of the molecule is CC(C)NC(=O)CN1CCC[C@@H](CCOC(C)C)C1. The molecule has 0 aliphatic carbocycles. The van der Waals surface area contributed by atoms with Crippen LogP contribution in [0.3, 0.4) is 0 Å². The van der Waals surface area contributed by atoms with Crippen LogP contribution in [0.1, 0.15) is 47.0 Å². The molecule has 1 aliphatic heterocycles. The third-order valence-corrected chi connectivity index (χ3v) is 3.40. The number of amides is 1. The molecule has 19 heavy (non-hydrogen) atoms. The maximum Gasteiger partial charge on any atom is 0.234 e. The Bertz CT molecular complexity index is 267. The highest BCUT2D eigenvalue weighted by Crippen LogP contribution is 2.19. The lowest BCUT2D eigenvalue weighted by Gasteiger charge is -2.32. The summed E-state index contributed by atoms with van der Waals surface area (Å²) in [6.45, 7) is 11.6. The third-order valence-electron chi connectivity index (χ3n) is 3.40. The van der Waals surface area contributed by atoms with Gasteiger partial charge in [-0.15, -0.1) is 0 Å². The van der Waals surface area contributed by atoms with Gasteiger partial charge in [0.1, 0.15) is 0 Å². The van der Waals surface area contributed by atoms with E-state index < -0.39 is 0 Å². The molecule has 1 aliphatic rings. The first-order chi connectivity index (χ1) is 8.97. The summed E-state index contributed by atoms with van der Waals surface area (Å²) >= 11 is 0. The van der Waals surface area contributed by atoms with Crippen molar-refractivity contribution in [3.8, 4) is 0 Å². The molecule has 112 valence electrons. The number of likely N-dealkylation sites (tertiary alicyclic amines) is 1. The van der Waals surface area contributed by atoms with Gasteiger partial charge < -0.3 is 10.1 Å². The Morgan fingerprint density at radius 1 is 1.37 bits per heavy atom. The smallest absolute Gasteiger partial charge is 0.234 e. The molecule has 1 rings (SSSR count). The minimum atomic E-state index is 0.147. The number of nitrogens with zero attached hydrogens (tertiary/aromatic N) is 1. The van der Waals surface area contributed by atoms with Crippen LogP contribution in [0.25, 0.3) is 0 Å². The predicted molar refractivity (Wildman–Crippen MR) is 78.1 cm³/mol. The Morgan fingerprint density at radius 3 is 2.74 bits per heavy atom. The van der Waals surface area contributed by atoms with E-state index in [0.29, 0.717) is 18.6 Å². The van der Waals surface area contributed by atoms with Crippen molar-refractivity contribution in [3.05, 3.63) is 0 Å². The van der Waals surface area contributed by atoms with Crippen molar-refractivity contribution in [2.75, 3.05) is 26.2 Å². The highest BCUT2D eigenvalue weighted by molar-refractivity contribution is 5.78. The molecule has 1 N–H and O–H groups in total. The van der Waals surface area contributed by atoms with E-state index in [1.165, 1.54) is 12.8 Å². The number of carbonyl (C=O) groups is 1. The molecule has 0 radical (unpaired) electrons. The van der Waals surface area contributed by atoms with E-state index in [-0.39, 0.29) is 11.9 Å².